The van der Waals surface area contributed by atoms with E-state index in [9.17, 15) is 4.79 Å². The van der Waals surface area contributed by atoms with Gasteiger partial charge in [0.2, 0.25) is 5.91 Å². The van der Waals surface area contributed by atoms with Gasteiger partial charge < -0.3 is 14.8 Å². The summed E-state index contributed by atoms with van der Waals surface area (Å²) in [5.41, 5.74) is 4.19. The Hall–Kier alpha value is -3.79. The van der Waals surface area contributed by atoms with Crippen LogP contribution in [0.1, 0.15) is 36.0 Å². The van der Waals surface area contributed by atoms with Gasteiger partial charge in [0.1, 0.15) is 6.61 Å². The Morgan fingerprint density at radius 3 is 2.53 bits per heavy atom. The zero-order chi connectivity index (χ0) is 21.9. The van der Waals surface area contributed by atoms with E-state index < -0.39 is 0 Å². The van der Waals surface area contributed by atoms with Crippen molar-refractivity contribution < 1.29 is 14.3 Å². The molecule has 0 fully saturated rings. The highest BCUT2D eigenvalue weighted by atomic mass is 16.5. The zero-order valence-corrected chi connectivity index (χ0v) is 18.0. The molecule has 0 saturated heterocycles. The second kappa shape index (κ2) is 8.75. The number of fused-ring (bicyclic) bond motifs is 3. The molecule has 1 N–H and O–H groups in total. The van der Waals surface area contributed by atoms with E-state index in [0.717, 1.165) is 27.8 Å². The molecular formula is C28H25NO3. The van der Waals surface area contributed by atoms with Gasteiger partial charge in [0.05, 0.1) is 6.61 Å². The lowest BCUT2D eigenvalue weighted by Crippen LogP contribution is -2.23. The summed E-state index contributed by atoms with van der Waals surface area (Å²) < 4.78 is 12.0. The normalized spacial score (nSPS) is 15.2. The topological polar surface area (TPSA) is 47.6 Å². The Morgan fingerprint density at radius 1 is 0.875 bits per heavy atom. The van der Waals surface area contributed by atoms with Crippen LogP contribution < -0.4 is 14.8 Å². The third-order valence-electron chi connectivity index (χ3n) is 5.89. The highest BCUT2D eigenvalue weighted by Crippen LogP contribution is 2.43. The van der Waals surface area contributed by atoms with Crippen LogP contribution in [0.25, 0.3) is 10.8 Å². The molecule has 160 valence electrons. The van der Waals surface area contributed by atoms with E-state index >= 15 is 0 Å². The Labute approximate surface area is 187 Å². The maximum atomic E-state index is 12.5. The van der Waals surface area contributed by atoms with Crippen molar-refractivity contribution in [2.24, 2.45) is 0 Å². The van der Waals surface area contributed by atoms with Gasteiger partial charge in [0, 0.05) is 18.0 Å². The van der Waals surface area contributed by atoms with Gasteiger partial charge in [-0.15, -0.1) is 0 Å². The number of anilines is 1. The highest BCUT2D eigenvalue weighted by Gasteiger charge is 2.29. The molecule has 4 heteroatoms. The van der Waals surface area contributed by atoms with Crippen LogP contribution in [0, 0.1) is 0 Å². The standard InChI is InChI=1S/C28H25NO3/c1-2-31-26-16-21(13-15-25(26)32-18-19-8-4-3-5-9-19)23-17-27(30)29-24-14-12-20-10-6-7-11-22(20)28(23)24/h3-16,23H,2,17-18H2,1H3,(H,29,30). The number of carbonyl (C=O) groups excluding carboxylic acids is 1. The Balaban J connectivity index is 1.53. The predicted molar refractivity (Wildman–Crippen MR) is 127 cm³/mol. The number of rotatable bonds is 6. The lowest BCUT2D eigenvalue weighted by atomic mass is 9.82. The summed E-state index contributed by atoms with van der Waals surface area (Å²) in [7, 11) is 0. The van der Waals surface area contributed by atoms with Gasteiger partial charge in [-0.2, -0.15) is 0 Å². The first kappa shape index (κ1) is 20.1. The molecule has 0 radical (unpaired) electrons. The summed E-state index contributed by atoms with van der Waals surface area (Å²) in [6, 6.07) is 28.5. The fourth-order valence-electron chi connectivity index (χ4n) is 4.42. The molecule has 4 aromatic carbocycles. The molecule has 0 aliphatic carbocycles. The zero-order valence-electron chi connectivity index (χ0n) is 18.0. The summed E-state index contributed by atoms with van der Waals surface area (Å²) in [6.07, 6.45) is 0.400. The number of benzene rings is 4. The van der Waals surface area contributed by atoms with Crippen LogP contribution in [0.4, 0.5) is 5.69 Å². The Bertz CT molecular complexity index is 1270. The monoisotopic (exact) mass is 423 g/mol. The molecule has 0 aromatic heterocycles. The van der Waals surface area contributed by atoms with Gasteiger partial charge in [0.25, 0.3) is 0 Å². The lowest BCUT2D eigenvalue weighted by molar-refractivity contribution is -0.116. The minimum absolute atomic E-state index is 0.0279. The number of hydrogen-bond acceptors (Lipinski definition) is 3. The fraction of sp³-hybridized carbons (Fsp3) is 0.179. The molecule has 0 bridgehead atoms. The van der Waals surface area contributed by atoms with E-state index in [-0.39, 0.29) is 11.8 Å². The molecule has 1 amide bonds. The van der Waals surface area contributed by atoms with Crippen LogP contribution in [0.15, 0.2) is 84.9 Å². The van der Waals surface area contributed by atoms with E-state index in [2.05, 4.69) is 29.6 Å². The Kier molecular flexibility index (Phi) is 5.51. The van der Waals surface area contributed by atoms with Crippen LogP contribution in [0.3, 0.4) is 0 Å². The maximum absolute atomic E-state index is 12.5. The van der Waals surface area contributed by atoms with Gasteiger partial charge in [-0.25, -0.2) is 0 Å². The first-order valence-electron chi connectivity index (χ1n) is 11.0. The average molecular weight is 424 g/mol. The van der Waals surface area contributed by atoms with Crippen molar-refractivity contribution in [1.82, 2.24) is 0 Å². The molecule has 1 heterocycles. The van der Waals surface area contributed by atoms with E-state index in [1.807, 2.05) is 67.6 Å². The molecule has 1 unspecified atom stereocenters. The first-order chi connectivity index (χ1) is 15.7. The number of carbonyl (C=O) groups is 1. The quantitative estimate of drug-likeness (QED) is 0.396. The van der Waals surface area contributed by atoms with Gasteiger partial charge in [-0.05, 0) is 52.6 Å². The van der Waals surface area contributed by atoms with Crippen molar-refractivity contribution in [1.29, 1.82) is 0 Å². The van der Waals surface area contributed by atoms with E-state index in [4.69, 9.17) is 9.47 Å². The average Bonchev–Trinajstić information content (AvgIpc) is 2.83. The molecule has 5 rings (SSSR count). The molecule has 32 heavy (non-hydrogen) atoms. The summed E-state index contributed by atoms with van der Waals surface area (Å²) in [5.74, 6) is 1.39. The third-order valence-corrected chi connectivity index (χ3v) is 5.89. The second-order valence-electron chi connectivity index (χ2n) is 7.97. The number of nitrogens with one attached hydrogen (secondary N) is 1. The third kappa shape index (κ3) is 3.92. The van der Waals surface area contributed by atoms with Crippen molar-refractivity contribution >= 4 is 22.4 Å². The molecule has 4 aromatic rings. The second-order valence-corrected chi connectivity index (χ2v) is 7.97. The van der Waals surface area contributed by atoms with E-state index in [0.29, 0.717) is 31.1 Å². The SMILES string of the molecule is CCOc1cc(C2CC(=O)Nc3ccc4ccccc4c32)ccc1OCc1ccccc1. The summed E-state index contributed by atoms with van der Waals surface area (Å²) in [6.45, 7) is 2.97. The molecule has 1 aliphatic heterocycles. The molecule has 1 atom stereocenters. The number of hydrogen-bond donors (Lipinski definition) is 1. The van der Waals surface area contributed by atoms with Crippen molar-refractivity contribution in [3.05, 3.63) is 102 Å². The van der Waals surface area contributed by atoms with Gasteiger partial charge in [-0.3, -0.25) is 4.79 Å². The van der Waals surface area contributed by atoms with Gasteiger partial charge in [0.15, 0.2) is 11.5 Å². The molecule has 0 spiro atoms. The number of amides is 1. The van der Waals surface area contributed by atoms with E-state index in [1.54, 1.807) is 0 Å². The Morgan fingerprint density at radius 2 is 1.69 bits per heavy atom. The summed E-state index contributed by atoms with van der Waals surface area (Å²) >= 11 is 0. The van der Waals surface area contributed by atoms with Gasteiger partial charge in [-0.1, -0.05) is 66.7 Å². The number of ether oxygens (including phenoxy) is 2. The van der Waals surface area contributed by atoms with Gasteiger partial charge >= 0.3 is 0 Å². The largest absolute Gasteiger partial charge is 0.490 e. The molecule has 1 aliphatic rings. The van der Waals surface area contributed by atoms with Crippen molar-refractivity contribution in [3.63, 3.8) is 0 Å². The smallest absolute Gasteiger partial charge is 0.225 e. The minimum atomic E-state index is -0.0489. The summed E-state index contributed by atoms with van der Waals surface area (Å²) in [5, 5.41) is 5.38. The maximum Gasteiger partial charge on any atom is 0.225 e. The lowest BCUT2D eigenvalue weighted by Gasteiger charge is -2.28. The van der Waals surface area contributed by atoms with Crippen LogP contribution in [0.2, 0.25) is 0 Å². The van der Waals surface area contributed by atoms with Crippen LogP contribution >= 0.6 is 0 Å². The van der Waals surface area contributed by atoms with Crippen LogP contribution in [-0.4, -0.2) is 12.5 Å². The predicted octanol–water partition coefficient (Wildman–Crippen LogP) is 6.29. The van der Waals surface area contributed by atoms with Crippen LogP contribution in [0.5, 0.6) is 11.5 Å². The molecule has 0 saturated carbocycles. The van der Waals surface area contributed by atoms with Crippen molar-refractivity contribution in [3.8, 4) is 11.5 Å². The van der Waals surface area contributed by atoms with Crippen molar-refractivity contribution in [2.45, 2.75) is 25.9 Å². The van der Waals surface area contributed by atoms with Crippen molar-refractivity contribution in [2.75, 3.05) is 11.9 Å². The molecule has 4 nitrogen and oxygen atoms in total. The van der Waals surface area contributed by atoms with E-state index in [1.165, 1.54) is 5.39 Å². The summed E-state index contributed by atoms with van der Waals surface area (Å²) in [4.78, 5) is 12.5. The minimum Gasteiger partial charge on any atom is -0.490 e. The first-order valence-corrected chi connectivity index (χ1v) is 11.0. The highest BCUT2D eigenvalue weighted by molar-refractivity contribution is 6.01. The van der Waals surface area contributed by atoms with Crippen LogP contribution in [-0.2, 0) is 11.4 Å². The molecular weight excluding hydrogens is 398 g/mol. The fourth-order valence-corrected chi connectivity index (χ4v) is 4.42.